The molecule has 0 aliphatic rings. The Balaban J connectivity index is 2.35. The highest BCUT2D eigenvalue weighted by Gasteiger charge is 2.09. The number of aliphatic hydroxyl groups excluding tert-OH is 1. The zero-order chi connectivity index (χ0) is 13.4. The van der Waals surface area contributed by atoms with Crippen molar-refractivity contribution in [1.29, 1.82) is 0 Å². The number of hydrogen-bond acceptors (Lipinski definition) is 3. The number of hydrogen-bond donors (Lipinski definition) is 1. The lowest BCUT2D eigenvalue weighted by Gasteiger charge is -2.17. The maximum Gasteiger partial charge on any atom is 0.119 e. The molecular weight excluding hydrogens is 244 g/mol. The van der Waals surface area contributed by atoms with Gasteiger partial charge in [-0.05, 0) is 24.3 Å². The molecule has 1 rings (SSSR count). The molecule has 0 saturated carbocycles. The molecule has 1 aromatic carbocycles. The van der Waals surface area contributed by atoms with Crippen LogP contribution in [0, 0.1) is 11.8 Å². The van der Waals surface area contributed by atoms with Gasteiger partial charge in [0.05, 0.1) is 6.61 Å². The number of thioether (sulfide) groups is 1. The highest BCUT2D eigenvalue weighted by Crippen LogP contribution is 2.22. The van der Waals surface area contributed by atoms with Crippen LogP contribution in [0.1, 0.15) is 26.3 Å². The normalized spacial score (nSPS) is 10.7. The third kappa shape index (κ3) is 6.58. The molecule has 0 spiro atoms. The summed E-state index contributed by atoms with van der Waals surface area (Å²) in [7, 11) is 0. The minimum Gasteiger partial charge on any atom is -0.493 e. The van der Waals surface area contributed by atoms with Gasteiger partial charge >= 0.3 is 0 Å². The van der Waals surface area contributed by atoms with Crippen LogP contribution in [0.15, 0.2) is 24.3 Å². The van der Waals surface area contributed by atoms with E-state index < -0.39 is 0 Å². The van der Waals surface area contributed by atoms with Gasteiger partial charge in [-0.2, -0.15) is 11.8 Å². The van der Waals surface area contributed by atoms with E-state index in [2.05, 4.69) is 32.6 Å². The minimum atomic E-state index is -0.109. The van der Waals surface area contributed by atoms with E-state index in [0.717, 1.165) is 17.1 Å². The summed E-state index contributed by atoms with van der Waals surface area (Å²) < 4.78 is 5.93. The van der Waals surface area contributed by atoms with E-state index in [1.807, 2.05) is 36.0 Å². The van der Waals surface area contributed by atoms with Crippen molar-refractivity contribution in [3.8, 4) is 17.6 Å². The van der Waals surface area contributed by atoms with Crippen molar-refractivity contribution < 1.29 is 9.84 Å². The molecule has 1 aromatic rings. The Hall–Kier alpha value is -1.11. The molecule has 0 aliphatic heterocycles. The van der Waals surface area contributed by atoms with Gasteiger partial charge in [-0.25, -0.2) is 0 Å². The van der Waals surface area contributed by atoms with Crippen LogP contribution in [-0.2, 0) is 0 Å². The smallest absolute Gasteiger partial charge is 0.119 e. The van der Waals surface area contributed by atoms with Gasteiger partial charge in [-0.1, -0.05) is 32.6 Å². The van der Waals surface area contributed by atoms with Crippen molar-refractivity contribution in [2.75, 3.05) is 19.0 Å². The molecule has 0 atom stereocenters. The van der Waals surface area contributed by atoms with Gasteiger partial charge in [0, 0.05) is 16.1 Å². The molecular formula is C15H20O2S. The van der Waals surface area contributed by atoms with E-state index >= 15 is 0 Å². The van der Waals surface area contributed by atoms with E-state index in [1.54, 1.807) is 0 Å². The predicted octanol–water partition coefficient (Wildman–Crippen LogP) is 2.94. The fourth-order valence-corrected chi connectivity index (χ4v) is 2.06. The Morgan fingerprint density at radius 1 is 1.22 bits per heavy atom. The van der Waals surface area contributed by atoms with Gasteiger partial charge in [-0.15, -0.1) is 0 Å². The molecule has 0 amide bonds. The van der Waals surface area contributed by atoms with Crippen LogP contribution in [0.3, 0.4) is 0 Å². The summed E-state index contributed by atoms with van der Waals surface area (Å²) in [6.07, 6.45) is 0. The second-order valence-electron chi connectivity index (χ2n) is 4.79. The molecule has 0 aliphatic carbocycles. The minimum absolute atomic E-state index is 0.109. The SMILES string of the molecule is CC(C)(C)SCCOc1ccc(C#CCO)cc1. The first-order valence-corrected chi connectivity index (χ1v) is 6.96. The second-order valence-corrected chi connectivity index (χ2v) is 6.72. The molecule has 2 nitrogen and oxygen atoms in total. The van der Waals surface area contributed by atoms with E-state index in [-0.39, 0.29) is 11.4 Å². The number of ether oxygens (including phenoxy) is 1. The summed E-state index contributed by atoms with van der Waals surface area (Å²) in [5, 5.41) is 8.59. The highest BCUT2D eigenvalue weighted by atomic mass is 32.2. The molecule has 0 bridgehead atoms. The lowest BCUT2D eigenvalue weighted by atomic mass is 10.2. The summed E-state index contributed by atoms with van der Waals surface area (Å²) in [5.41, 5.74) is 0.889. The first-order chi connectivity index (χ1) is 8.51. The van der Waals surface area contributed by atoms with Crippen molar-refractivity contribution in [3.63, 3.8) is 0 Å². The molecule has 1 N–H and O–H groups in total. The maximum atomic E-state index is 8.59. The molecule has 0 saturated heterocycles. The van der Waals surface area contributed by atoms with E-state index in [9.17, 15) is 0 Å². The van der Waals surface area contributed by atoms with Gasteiger partial charge in [0.15, 0.2) is 0 Å². The molecule has 0 heterocycles. The molecule has 98 valence electrons. The Kier molecular flexibility index (Phi) is 6.11. The number of rotatable bonds is 4. The van der Waals surface area contributed by atoms with E-state index in [1.165, 1.54) is 0 Å². The summed E-state index contributed by atoms with van der Waals surface area (Å²) in [6, 6.07) is 7.61. The van der Waals surface area contributed by atoms with Crippen molar-refractivity contribution >= 4 is 11.8 Å². The van der Waals surface area contributed by atoms with E-state index in [0.29, 0.717) is 6.61 Å². The zero-order valence-corrected chi connectivity index (χ0v) is 12.0. The third-order valence-electron chi connectivity index (χ3n) is 2.05. The third-order valence-corrected chi connectivity index (χ3v) is 3.29. The fraction of sp³-hybridized carbons (Fsp3) is 0.467. The monoisotopic (exact) mass is 264 g/mol. The van der Waals surface area contributed by atoms with Gasteiger partial charge in [0.25, 0.3) is 0 Å². The average molecular weight is 264 g/mol. The molecule has 0 unspecified atom stereocenters. The highest BCUT2D eigenvalue weighted by molar-refractivity contribution is 8.00. The van der Waals surface area contributed by atoms with Crippen LogP contribution in [0.25, 0.3) is 0 Å². The second kappa shape index (κ2) is 7.35. The topological polar surface area (TPSA) is 29.5 Å². The van der Waals surface area contributed by atoms with Crippen LogP contribution in [0.5, 0.6) is 5.75 Å². The van der Waals surface area contributed by atoms with Crippen molar-refractivity contribution in [2.45, 2.75) is 25.5 Å². The Labute approximate surface area is 114 Å². The summed E-state index contributed by atoms with van der Waals surface area (Å²) >= 11 is 1.89. The Morgan fingerprint density at radius 2 is 1.89 bits per heavy atom. The van der Waals surface area contributed by atoms with Crippen molar-refractivity contribution in [2.24, 2.45) is 0 Å². The summed E-state index contributed by atoms with van der Waals surface area (Å²) in [4.78, 5) is 0. The first-order valence-electron chi connectivity index (χ1n) is 5.98. The first kappa shape index (κ1) is 14.9. The van der Waals surface area contributed by atoms with Crippen LogP contribution in [0.4, 0.5) is 0 Å². The summed E-state index contributed by atoms with van der Waals surface area (Å²) in [5.74, 6) is 7.31. The van der Waals surface area contributed by atoms with Crippen LogP contribution in [0.2, 0.25) is 0 Å². The van der Waals surface area contributed by atoms with Gasteiger partial charge < -0.3 is 9.84 Å². The lowest BCUT2D eigenvalue weighted by molar-refractivity contribution is 0.343. The van der Waals surface area contributed by atoms with Crippen LogP contribution in [-0.4, -0.2) is 28.8 Å². The average Bonchev–Trinajstić information content (AvgIpc) is 2.32. The molecule has 0 fully saturated rings. The maximum absolute atomic E-state index is 8.59. The largest absolute Gasteiger partial charge is 0.493 e. The molecule has 0 aromatic heterocycles. The van der Waals surface area contributed by atoms with E-state index in [4.69, 9.17) is 9.84 Å². The molecule has 18 heavy (non-hydrogen) atoms. The fourth-order valence-electron chi connectivity index (χ4n) is 1.28. The Morgan fingerprint density at radius 3 is 2.44 bits per heavy atom. The van der Waals surface area contributed by atoms with Crippen LogP contribution >= 0.6 is 11.8 Å². The zero-order valence-electron chi connectivity index (χ0n) is 11.2. The van der Waals surface area contributed by atoms with Gasteiger partial charge in [0.1, 0.15) is 12.4 Å². The summed E-state index contributed by atoms with van der Waals surface area (Å²) in [6.45, 7) is 7.21. The lowest BCUT2D eigenvalue weighted by Crippen LogP contribution is -2.11. The van der Waals surface area contributed by atoms with Crippen LogP contribution < -0.4 is 4.74 Å². The quantitative estimate of drug-likeness (QED) is 0.670. The standard InChI is InChI=1S/C15H20O2S/c1-15(2,3)18-12-11-17-14-8-6-13(7-9-14)5-4-10-16/h6-9,16H,10-12H2,1-3H3. The predicted molar refractivity (Wildman–Crippen MR) is 78.1 cm³/mol. The van der Waals surface area contributed by atoms with Gasteiger partial charge in [0.2, 0.25) is 0 Å². The van der Waals surface area contributed by atoms with Crippen molar-refractivity contribution in [3.05, 3.63) is 29.8 Å². The van der Waals surface area contributed by atoms with Gasteiger partial charge in [-0.3, -0.25) is 0 Å². The Bertz CT molecular complexity index is 407. The number of benzene rings is 1. The number of aliphatic hydroxyl groups is 1. The van der Waals surface area contributed by atoms with Crippen molar-refractivity contribution in [1.82, 2.24) is 0 Å². The molecule has 3 heteroatoms. The molecule has 0 radical (unpaired) electrons.